The summed E-state index contributed by atoms with van der Waals surface area (Å²) in [4.78, 5) is 0. The van der Waals surface area contributed by atoms with Crippen LogP contribution in [0.25, 0.3) is 0 Å². The molecule has 4 heteroatoms. The summed E-state index contributed by atoms with van der Waals surface area (Å²) in [6.45, 7) is 11.9. The van der Waals surface area contributed by atoms with Gasteiger partial charge in [-0.15, -0.1) is 0 Å². The van der Waals surface area contributed by atoms with E-state index in [0.29, 0.717) is 19.8 Å². The Morgan fingerprint density at radius 3 is 1.61 bits per heavy atom. The Kier molecular flexibility index (Phi) is 12.2. The SMILES string of the molecule is [CH2]CCCCCCC[Si](OCC)(OCC)OCC. The maximum Gasteiger partial charge on any atom is 0.500 e. The topological polar surface area (TPSA) is 27.7 Å². The van der Waals surface area contributed by atoms with Crippen molar-refractivity contribution in [3.05, 3.63) is 6.92 Å². The first kappa shape index (κ1) is 18.1. The van der Waals surface area contributed by atoms with E-state index in [9.17, 15) is 0 Å². The van der Waals surface area contributed by atoms with Crippen LogP contribution in [-0.2, 0) is 13.3 Å². The minimum atomic E-state index is -2.38. The van der Waals surface area contributed by atoms with Crippen molar-refractivity contribution in [1.82, 2.24) is 0 Å². The normalized spacial score (nSPS) is 12.0. The van der Waals surface area contributed by atoms with Crippen molar-refractivity contribution in [3.8, 4) is 0 Å². The fraction of sp³-hybridized carbons (Fsp3) is 0.929. The van der Waals surface area contributed by atoms with Crippen molar-refractivity contribution in [2.75, 3.05) is 19.8 Å². The van der Waals surface area contributed by atoms with Gasteiger partial charge in [0.05, 0.1) is 0 Å². The van der Waals surface area contributed by atoms with Gasteiger partial charge >= 0.3 is 8.80 Å². The van der Waals surface area contributed by atoms with Crippen LogP contribution in [0.5, 0.6) is 0 Å². The third-order valence-electron chi connectivity index (χ3n) is 2.83. The summed E-state index contributed by atoms with van der Waals surface area (Å²) in [5.74, 6) is 0. The summed E-state index contributed by atoms with van der Waals surface area (Å²) >= 11 is 0. The van der Waals surface area contributed by atoms with Crippen LogP contribution in [0.3, 0.4) is 0 Å². The lowest BCUT2D eigenvalue weighted by molar-refractivity contribution is 0.0706. The first-order chi connectivity index (χ1) is 8.74. The molecule has 0 saturated heterocycles. The molecule has 0 saturated carbocycles. The molecule has 0 aliphatic carbocycles. The van der Waals surface area contributed by atoms with Crippen LogP contribution in [0.1, 0.15) is 59.3 Å². The molecule has 1 radical (unpaired) electrons. The summed E-state index contributed by atoms with van der Waals surface area (Å²) in [5.41, 5.74) is 0. The van der Waals surface area contributed by atoms with E-state index < -0.39 is 8.80 Å². The molecule has 0 heterocycles. The smallest absolute Gasteiger partial charge is 0.374 e. The molecule has 0 fully saturated rings. The van der Waals surface area contributed by atoms with Crippen LogP contribution in [0.2, 0.25) is 6.04 Å². The summed E-state index contributed by atoms with van der Waals surface area (Å²) < 4.78 is 17.5. The average Bonchev–Trinajstić information content (AvgIpc) is 2.35. The van der Waals surface area contributed by atoms with E-state index in [-0.39, 0.29) is 0 Å². The van der Waals surface area contributed by atoms with E-state index in [1.807, 2.05) is 20.8 Å². The minimum Gasteiger partial charge on any atom is -0.374 e. The van der Waals surface area contributed by atoms with E-state index in [0.717, 1.165) is 18.9 Å². The van der Waals surface area contributed by atoms with Crippen LogP contribution >= 0.6 is 0 Å². The molecule has 0 aromatic heterocycles. The van der Waals surface area contributed by atoms with Crippen molar-refractivity contribution in [3.63, 3.8) is 0 Å². The van der Waals surface area contributed by atoms with Gasteiger partial charge < -0.3 is 13.3 Å². The third kappa shape index (κ3) is 8.24. The van der Waals surface area contributed by atoms with Gasteiger partial charge in [-0.3, -0.25) is 0 Å². The molecule has 18 heavy (non-hydrogen) atoms. The van der Waals surface area contributed by atoms with Gasteiger partial charge in [0.15, 0.2) is 0 Å². The molecule has 0 N–H and O–H groups in total. The molecule has 3 nitrogen and oxygen atoms in total. The molecule has 0 rings (SSSR count). The van der Waals surface area contributed by atoms with E-state index >= 15 is 0 Å². The van der Waals surface area contributed by atoms with Crippen molar-refractivity contribution in [2.24, 2.45) is 0 Å². The van der Waals surface area contributed by atoms with Crippen LogP contribution in [0, 0.1) is 6.92 Å². The van der Waals surface area contributed by atoms with Crippen molar-refractivity contribution in [1.29, 1.82) is 0 Å². The average molecular weight is 275 g/mol. The lowest BCUT2D eigenvalue weighted by Gasteiger charge is -2.28. The standard InChI is InChI=1S/C14H31O3Si/c1-5-9-10-11-12-13-14-18(15-6-2,16-7-3)17-8-4/h1,5-14H2,2-4H3. The monoisotopic (exact) mass is 275 g/mol. The van der Waals surface area contributed by atoms with Gasteiger partial charge in [-0.05, 0) is 27.2 Å². The molecule has 0 unspecified atom stereocenters. The zero-order chi connectivity index (χ0) is 13.7. The molecule has 0 bridgehead atoms. The molecule has 0 aromatic rings. The van der Waals surface area contributed by atoms with E-state index in [2.05, 4.69) is 6.92 Å². The fourth-order valence-electron chi connectivity index (χ4n) is 2.05. The first-order valence-electron chi connectivity index (χ1n) is 7.45. The largest absolute Gasteiger partial charge is 0.500 e. The van der Waals surface area contributed by atoms with Crippen LogP contribution < -0.4 is 0 Å². The van der Waals surface area contributed by atoms with Gasteiger partial charge in [-0.2, -0.15) is 0 Å². The minimum absolute atomic E-state index is 0.674. The highest BCUT2D eigenvalue weighted by Gasteiger charge is 2.39. The second-order valence-electron chi connectivity index (χ2n) is 4.35. The maximum absolute atomic E-state index is 5.82. The highest BCUT2D eigenvalue weighted by molar-refractivity contribution is 6.60. The summed E-state index contributed by atoms with van der Waals surface area (Å²) in [7, 11) is -2.38. The van der Waals surface area contributed by atoms with Crippen molar-refractivity contribution in [2.45, 2.75) is 65.3 Å². The van der Waals surface area contributed by atoms with E-state index in [1.165, 1.54) is 25.7 Å². The van der Waals surface area contributed by atoms with Gasteiger partial charge in [-0.1, -0.05) is 39.0 Å². The number of hydrogen-bond acceptors (Lipinski definition) is 3. The van der Waals surface area contributed by atoms with Gasteiger partial charge in [-0.25, -0.2) is 0 Å². The van der Waals surface area contributed by atoms with Crippen molar-refractivity contribution < 1.29 is 13.3 Å². The Morgan fingerprint density at radius 1 is 0.722 bits per heavy atom. The van der Waals surface area contributed by atoms with E-state index in [1.54, 1.807) is 0 Å². The lowest BCUT2D eigenvalue weighted by Crippen LogP contribution is -2.45. The Morgan fingerprint density at radius 2 is 1.17 bits per heavy atom. The second kappa shape index (κ2) is 12.1. The molecule has 0 spiro atoms. The van der Waals surface area contributed by atoms with Gasteiger partial charge in [0.2, 0.25) is 0 Å². The maximum atomic E-state index is 5.82. The first-order valence-corrected chi connectivity index (χ1v) is 9.39. The quantitative estimate of drug-likeness (QED) is 0.372. The Labute approximate surface area is 115 Å². The molecular formula is C14H31O3Si. The molecule has 109 valence electrons. The zero-order valence-corrected chi connectivity index (χ0v) is 13.5. The number of rotatable bonds is 13. The Bertz CT molecular complexity index is 159. The van der Waals surface area contributed by atoms with Crippen LogP contribution in [-0.4, -0.2) is 28.6 Å². The highest BCUT2D eigenvalue weighted by Crippen LogP contribution is 2.20. The molecule has 0 aliphatic rings. The second-order valence-corrected chi connectivity index (χ2v) is 7.09. The van der Waals surface area contributed by atoms with Gasteiger partial charge in [0.1, 0.15) is 0 Å². The summed E-state index contributed by atoms with van der Waals surface area (Å²) in [6, 6.07) is 0.951. The Balaban J connectivity index is 3.97. The predicted octanol–water partition coefficient (Wildman–Crippen LogP) is 4.21. The lowest BCUT2D eigenvalue weighted by atomic mass is 10.1. The van der Waals surface area contributed by atoms with Gasteiger partial charge in [0.25, 0.3) is 0 Å². The van der Waals surface area contributed by atoms with E-state index in [4.69, 9.17) is 13.3 Å². The third-order valence-corrected chi connectivity index (χ3v) is 5.98. The summed E-state index contributed by atoms with van der Waals surface area (Å²) in [6.07, 6.45) is 7.24. The summed E-state index contributed by atoms with van der Waals surface area (Å²) in [5, 5.41) is 0. The molecule has 0 atom stereocenters. The number of hydrogen-bond donors (Lipinski definition) is 0. The molecule has 0 aromatic carbocycles. The Hall–Kier alpha value is 0.0969. The predicted molar refractivity (Wildman–Crippen MR) is 78.5 cm³/mol. The highest BCUT2D eigenvalue weighted by atomic mass is 28.4. The number of unbranched alkanes of at least 4 members (excludes halogenated alkanes) is 5. The van der Waals surface area contributed by atoms with Crippen molar-refractivity contribution >= 4 is 8.80 Å². The van der Waals surface area contributed by atoms with Crippen LogP contribution in [0.4, 0.5) is 0 Å². The molecule has 0 amide bonds. The van der Waals surface area contributed by atoms with Crippen LogP contribution in [0.15, 0.2) is 0 Å². The zero-order valence-electron chi connectivity index (χ0n) is 12.5. The van der Waals surface area contributed by atoms with Gasteiger partial charge in [0, 0.05) is 25.9 Å². The molecule has 0 aliphatic heterocycles. The molecular weight excluding hydrogens is 244 g/mol. The fourth-order valence-corrected chi connectivity index (χ4v) is 4.74.